The third-order valence-electron chi connectivity index (χ3n) is 2.88. The Balaban J connectivity index is 2.31. The van der Waals surface area contributed by atoms with Crippen molar-refractivity contribution in [1.29, 1.82) is 0 Å². The lowest BCUT2D eigenvalue weighted by Gasteiger charge is -2.18. The quantitative estimate of drug-likeness (QED) is 0.671. The van der Waals surface area contributed by atoms with Crippen molar-refractivity contribution in [2.24, 2.45) is 5.41 Å². The van der Waals surface area contributed by atoms with Crippen LogP contribution in [0.3, 0.4) is 0 Å². The molecule has 0 aromatic heterocycles. The molecule has 0 heterocycles. The molecule has 1 rings (SSSR count). The average Bonchev–Trinajstić information content (AvgIpc) is 2.79. The molecule has 1 fully saturated rings. The minimum atomic E-state index is -0.191. The van der Waals surface area contributed by atoms with Crippen molar-refractivity contribution < 1.29 is 9.53 Å². The lowest BCUT2D eigenvalue weighted by Crippen LogP contribution is -2.22. The van der Waals surface area contributed by atoms with Gasteiger partial charge in [0.15, 0.2) is 0 Å². The summed E-state index contributed by atoms with van der Waals surface area (Å²) in [6.07, 6.45) is 3.82. The second-order valence-corrected chi connectivity index (χ2v) is 5.06. The predicted octanol–water partition coefficient (Wildman–Crippen LogP) is 2.56. The van der Waals surface area contributed by atoms with Gasteiger partial charge in [-0.3, -0.25) is 4.79 Å². The summed E-state index contributed by atoms with van der Waals surface area (Å²) in [5.74, 6) is 0.343. The van der Waals surface area contributed by atoms with E-state index < -0.39 is 0 Å². The average molecular weight is 184 g/mol. The van der Waals surface area contributed by atoms with E-state index in [1.807, 2.05) is 20.8 Å². The van der Waals surface area contributed by atoms with E-state index in [1.54, 1.807) is 7.11 Å². The lowest BCUT2D eigenvalue weighted by atomic mass is 9.87. The lowest BCUT2D eigenvalue weighted by molar-refractivity contribution is -0.127. The SMILES string of the molecule is COC1(CCC(=O)C(C)(C)C)CC1. The van der Waals surface area contributed by atoms with Crippen LogP contribution in [0.1, 0.15) is 46.5 Å². The molecule has 0 radical (unpaired) electrons. The summed E-state index contributed by atoms with van der Waals surface area (Å²) < 4.78 is 5.36. The van der Waals surface area contributed by atoms with Gasteiger partial charge in [-0.05, 0) is 19.3 Å². The number of hydrogen-bond acceptors (Lipinski definition) is 2. The van der Waals surface area contributed by atoms with Crippen molar-refractivity contribution in [2.75, 3.05) is 7.11 Å². The van der Waals surface area contributed by atoms with E-state index in [9.17, 15) is 4.79 Å². The van der Waals surface area contributed by atoms with E-state index in [1.165, 1.54) is 0 Å². The first-order valence-electron chi connectivity index (χ1n) is 4.98. The summed E-state index contributed by atoms with van der Waals surface area (Å²) in [4.78, 5) is 11.6. The smallest absolute Gasteiger partial charge is 0.138 e. The maximum atomic E-state index is 11.6. The highest BCUT2D eigenvalue weighted by molar-refractivity contribution is 5.83. The molecule has 0 aromatic rings. The Labute approximate surface area is 80.7 Å². The van der Waals surface area contributed by atoms with Crippen LogP contribution in [0.5, 0.6) is 0 Å². The van der Waals surface area contributed by atoms with E-state index in [0.717, 1.165) is 19.3 Å². The molecule has 1 aliphatic rings. The van der Waals surface area contributed by atoms with Gasteiger partial charge >= 0.3 is 0 Å². The monoisotopic (exact) mass is 184 g/mol. The summed E-state index contributed by atoms with van der Waals surface area (Å²) in [6, 6.07) is 0. The molecular weight excluding hydrogens is 164 g/mol. The van der Waals surface area contributed by atoms with E-state index in [4.69, 9.17) is 4.74 Å². The number of rotatable bonds is 4. The van der Waals surface area contributed by atoms with Crippen molar-refractivity contribution in [3.8, 4) is 0 Å². The Kier molecular flexibility index (Phi) is 2.81. The van der Waals surface area contributed by atoms with Gasteiger partial charge in [0.05, 0.1) is 5.60 Å². The highest BCUT2D eigenvalue weighted by atomic mass is 16.5. The third-order valence-corrected chi connectivity index (χ3v) is 2.88. The number of hydrogen-bond donors (Lipinski definition) is 0. The first-order valence-corrected chi connectivity index (χ1v) is 4.98. The number of carbonyl (C=O) groups is 1. The fraction of sp³-hybridized carbons (Fsp3) is 0.909. The summed E-state index contributed by atoms with van der Waals surface area (Å²) in [5, 5.41) is 0. The van der Waals surface area contributed by atoms with E-state index in [2.05, 4.69) is 0 Å². The zero-order chi connectivity index (χ0) is 10.1. The highest BCUT2D eigenvalue weighted by Crippen LogP contribution is 2.43. The van der Waals surface area contributed by atoms with Crippen LogP contribution in [-0.2, 0) is 9.53 Å². The van der Waals surface area contributed by atoms with Gasteiger partial charge < -0.3 is 4.74 Å². The largest absolute Gasteiger partial charge is 0.378 e. The number of Topliss-reactive ketones (excluding diaryl/α,β-unsaturated/α-hetero) is 1. The number of methoxy groups -OCH3 is 1. The summed E-state index contributed by atoms with van der Waals surface area (Å²) in [6.45, 7) is 5.92. The second-order valence-electron chi connectivity index (χ2n) is 5.06. The van der Waals surface area contributed by atoms with Crippen LogP contribution in [0.25, 0.3) is 0 Å². The van der Waals surface area contributed by atoms with Crippen molar-refractivity contribution in [3.63, 3.8) is 0 Å². The summed E-state index contributed by atoms with van der Waals surface area (Å²) >= 11 is 0. The Bertz CT molecular complexity index is 197. The van der Waals surface area contributed by atoms with Crippen molar-refractivity contribution in [3.05, 3.63) is 0 Å². The first kappa shape index (κ1) is 10.7. The third kappa shape index (κ3) is 2.80. The minimum absolute atomic E-state index is 0.0703. The molecule has 1 aliphatic carbocycles. The molecule has 0 unspecified atom stereocenters. The number of ether oxygens (including phenoxy) is 1. The molecule has 0 spiro atoms. The van der Waals surface area contributed by atoms with E-state index in [-0.39, 0.29) is 11.0 Å². The maximum absolute atomic E-state index is 11.6. The van der Waals surface area contributed by atoms with Crippen LogP contribution < -0.4 is 0 Å². The van der Waals surface area contributed by atoms with Crippen molar-refractivity contribution in [2.45, 2.75) is 52.1 Å². The fourth-order valence-electron chi connectivity index (χ4n) is 1.41. The zero-order valence-corrected chi connectivity index (χ0v) is 9.14. The van der Waals surface area contributed by atoms with Crippen LogP contribution >= 0.6 is 0 Å². The van der Waals surface area contributed by atoms with Gasteiger partial charge in [0.25, 0.3) is 0 Å². The zero-order valence-electron chi connectivity index (χ0n) is 9.14. The topological polar surface area (TPSA) is 26.3 Å². The Morgan fingerprint density at radius 1 is 1.38 bits per heavy atom. The van der Waals surface area contributed by atoms with Crippen LogP contribution in [0.2, 0.25) is 0 Å². The molecule has 2 heteroatoms. The maximum Gasteiger partial charge on any atom is 0.138 e. The summed E-state index contributed by atoms with van der Waals surface area (Å²) in [7, 11) is 1.74. The van der Waals surface area contributed by atoms with Gasteiger partial charge in [0, 0.05) is 18.9 Å². The molecule has 1 saturated carbocycles. The van der Waals surface area contributed by atoms with Crippen molar-refractivity contribution >= 4 is 5.78 Å². The fourth-order valence-corrected chi connectivity index (χ4v) is 1.41. The Hall–Kier alpha value is -0.370. The molecule has 0 atom stereocenters. The second kappa shape index (κ2) is 3.41. The standard InChI is InChI=1S/C11H20O2/c1-10(2,3)9(12)5-6-11(13-4)7-8-11/h5-8H2,1-4H3. The van der Waals surface area contributed by atoms with Gasteiger partial charge in [0.1, 0.15) is 5.78 Å². The van der Waals surface area contributed by atoms with Gasteiger partial charge in [0.2, 0.25) is 0 Å². The van der Waals surface area contributed by atoms with Crippen LogP contribution in [0.4, 0.5) is 0 Å². The molecule has 0 aromatic carbocycles. The predicted molar refractivity (Wildman–Crippen MR) is 52.7 cm³/mol. The van der Waals surface area contributed by atoms with Crippen LogP contribution in [0, 0.1) is 5.41 Å². The molecule has 0 bridgehead atoms. The van der Waals surface area contributed by atoms with Gasteiger partial charge in [-0.25, -0.2) is 0 Å². The Morgan fingerprint density at radius 2 is 1.92 bits per heavy atom. The van der Waals surface area contributed by atoms with Crippen LogP contribution in [0.15, 0.2) is 0 Å². The highest BCUT2D eigenvalue weighted by Gasteiger charge is 2.43. The molecule has 13 heavy (non-hydrogen) atoms. The number of ketones is 1. The van der Waals surface area contributed by atoms with Crippen LogP contribution in [-0.4, -0.2) is 18.5 Å². The normalized spacial score (nSPS) is 20.0. The molecule has 76 valence electrons. The van der Waals surface area contributed by atoms with Crippen molar-refractivity contribution in [1.82, 2.24) is 0 Å². The van der Waals surface area contributed by atoms with Gasteiger partial charge in [-0.15, -0.1) is 0 Å². The molecular formula is C11H20O2. The first-order chi connectivity index (χ1) is 5.90. The number of carbonyl (C=O) groups excluding carboxylic acids is 1. The van der Waals surface area contributed by atoms with Gasteiger partial charge in [-0.1, -0.05) is 20.8 Å². The van der Waals surface area contributed by atoms with Gasteiger partial charge in [-0.2, -0.15) is 0 Å². The molecule has 0 saturated heterocycles. The Morgan fingerprint density at radius 3 is 2.23 bits per heavy atom. The molecule has 2 nitrogen and oxygen atoms in total. The van der Waals surface area contributed by atoms with E-state index >= 15 is 0 Å². The molecule has 0 N–H and O–H groups in total. The molecule has 0 amide bonds. The van der Waals surface area contributed by atoms with E-state index in [0.29, 0.717) is 12.2 Å². The summed E-state index contributed by atoms with van der Waals surface area (Å²) in [5.41, 5.74) is -0.120. The minimum Gasteiger partial charge on any atom is -0.378 e. The molecule has 0 aliphatic heterocycles.